The zero-order valence-corrected chi connectivity index (χ0v) is 16.1. The lowest BCUT2D eigenvalue weighted by molar-refractivity contribution is 0.271. The Morgan fingerprint density at radius 1 is 0.682 bits per heavy atom. The van der Waals surface area contributed by atoms with Crippen molar-refractivity contribution < 1.29 is 4.79 Å². The maximum Gasteiger partial charge on any atom is 0.124 e. The summed E-state index contributed by atoms with van der Waals surface area (Å²) in [6, 6.07) is 22.8. The number of carbonyl (C=O) groups excluding carboxylic acids is 1. The monoisotopic (exact) mass is 326 g/mol. The van der Waals surface area contributed by atoms with Gasteiger partial charge in [-0.3, -0.25) is 0 Å². The summed E-state index contributed by atoms with van der Waals surface area (Å²) < 4.78 is 0. The lowest BCUT2D eigenvalue weighted by Crippen LogP contribution is -2.55. The average Bonchev–Trinajstić information content (AvgIpc) is 2.47. The molecule has 3 heteroatoms. The summed E-state index contributed by atoms with van der Waals surface area (Å²) in [4.78, 5) is 13.2. The smallest absolute Gasteiger partial charge is 0.124 e. The summed E-state index contributed by atoms with van der Waals surface area (Å²) in [5.74, 6) is 0. The summed E-state index contributed by atoms with van der Waals surface area (Å²) in [5.41, 5.74) is 2.61. The Morgan fingerprint density at radius 2 is 1.00 bits per heavy atom. The molecule has 2 aromatic carbocycles. The van der Waals surface area contributed by atoms with Gasteiger partial charge < -0.3 is 4.79 Å². The van der Waals surface area contributed by atoms with Crippen LogP contribution >= 0.6 is 0 Å². The summed E-state index contributed by atoms with van der Waals surface area (Å²) in [5, 5.41) is 0.604. The highest BCUT2D eigenvalue weighted by Gasteiger charge is 2.41. The zero-order valence-electron chi connectivity index (χ0n) is 14.1. The molecule has 0 saturated heterocycles. The molecular weight excluding hydrogens is 300 g/mol. The van der Waals surface area contributed by atoms with Crippen molar-refractivity contribution in [1.82, 2.24) is 0 Å². The minimum atomic E-state index is -1.91. The minimum Gasteiger partial charge on any atom is -0.311 e. The molecule has 1 nitrogen and oxygen atoms in total. The molecule has 0 aliphatic carbocycles. The Morgan fingerprint density at radius 3 is 1.32 bits per heavy atom. The number of hydrogen-bond acceptors (Lipinski definition) is 1. The van der Waals surface area contributed by atoms with E-state index in [1.807, 2.05) is 12.1 Å². The third kappa shape index (κ3) is 4.27. The molecule has 0 fully saturated rings. The van der Waals surface area contributed by atoms with Gasteiger partial charge in [-0.25, -0.2) is 0 Å². The molecule has 0 saturated carbocycles. The SMILES string of the molecule is C[Si](C)(Cc1ccccc1)C(=O)[Si](C)(C)Cc1ccccc1. The maximum absolute atomic E-state index is 13.2. The van der Waals surface area contributed by atoms with Gasteiger partial charge in [-0.1, -0.05) is 98.0 Å². The molecule has 2 rings (SSSR count). The van der Waals surface area contributed by atoms with Crippen LogP contribution in [0.5, 0.6) is 0 Å². The highest BCUT2D eigenvalue weighted by molar-refractivity contribution is 7.31. The fraction of sp³-hybridized carbons (Fsp3) is 0.316. The molecule has 0 radical (unpaired) electrons. The molecule has 0 amide bonds. The van der Waals surface area contributed by atoms with Crippen LogP contribution in [0.1, 0.15) is 11.1 Å². The van der Waals surface area contributed by atoms with Crippen LogP contribution in [0.3, 0.4) is 0 Å². The summed E-state index contributed by atoms with van der Waals surface area (Å²) in [6.07, 6.45) is 0. The second-order valence-corrected chi connectivity index (χ2v) is 17.1. The van der Waals surface area contributed by atoms with Crippen molar-refractivity contribution in [2.24, 2.45) is 0 Å². The standard InChI is InChI=1S/C19H26OSi2/c1-21(2,15-17-11-7-5-8-12-17)19(20)22(3,4)16-18-13-9-6-10-14-18/h5-14H,15-16H2,1-4H3. The minimum absolute atomic E-state index is 0.604. The van der Waals surface area contributed by atoms with Gasteiger partial charge in [0.25, 0.3) is 0 Å². The van der Waals surface area contributed by atoms with Crippen LogP contribution in [-0.2, 0) is 12.1 Å². The Bertz CT molecular complexity index is 563. The Hall–Kier alpha value is -1.46. The van der Waals surface area contributed by atoms with E-state index in [0.717, 1.165) is 12.1 Å². The van der Waals surface area contributed by atoms with Crippen molar-refractivity contribution in [2.45, 2.75) is 38.3 Å². The summed E-state index contributed by atoms with van der Waals surface area (Å²) in [7, 11) is -3.83. The van der Waals surface area contributed by atoms with Gasteiger partial charge >= 0.3 is 0 Å². The van der Waals surface area contributed by atoms with E-state index in [1.165, 1.54) is 11.1 Å². The fourth-order valence-corrected chi connectivity index (χ4v) is 14.0. The van der Waals surface area contributed by atoms with Crippen LogP contribution < -0.4 is 0 Å². The normalized spacial score (nSPS) is 12.2. The first-order chi connectivity index (χ1) is 10.3. The number of benzene rings is 2. The van der Waals surface area contributed by atoms with Crippen molar-refractivity contribution in [3.05, 3.63) is 71.8 Å². The zero-order chi connectivity index (χ0) is 16.2. The fourth-order valence-electron chi connectivity index (χ4n) is 3.29. The third-order valence-corrected chi connectivity index (χ3v) is 13.3. The van der Waals surface area contributed by atoms with Gasteiger partial charge in [0.1, 0.15) is 16.1 Å². The number of hydrogen-bond donors (Lipinski definition) is 0. The molecule has 0 unspecified atom stereocenters. The van der Waals surface area contributed by atoms with Crippen LogP contribution in [0.25, 0.3) is 0 Å². The molecular formula is C19H26OSi2. The van der Waals surface area contributed by atoms with E-state index in [2.05, 4.69) is 74.7 Å². The van der Waals surface area contributed by atoms with Gasteiger partial charge in [0.2, 0.25) is 0 Å². The number of rotatable bonds is 6. The van der Waals surface area contributed by atoms with Gasteiger partial charge in [-0.15, -0.1) is 0 Å². The van der Waals surface area contributed by atoms with E-state index in [1.54, 1.807) is 0 Å². The largest absolute Gasteiger partial charge is 0.311 e. The van der Waals surface area contributed by atoms with Gasteiger partial charge in [-0.2, -0.15) is 0 Å². The molecule has 116 valence electrons. The molecule has 0 aromatic heterocycles. The van der Waals surface area contributed by atoms with Crippen LogP contribution in [0, 0.1) is 0 Å². The molecule has 0 aliphatic heterocycles. The first kappa shape index (κ1) is 16.9. The molecule has 0 bridgehead atoms. The first-order valence-electron chi connectivity index (χ1n) is 7.94. The molecule has 22 heavy (non-hydrogen) atoms. The third-order valence-electron chi connectivity index (χ3n) is 4.21. The predicted molar refractivity (Wildman–Crippen MR) is 101 cm³/mol. The maximum atomic E-state index is 13.2. The molecule has 0 N–H and O–H groups in total. The van der Waals surface area contributed by atoms with E-state index >= 15 is 0 Å². The van der Waals surface area contributed by atoms with E-state index < -0.39 is 16.1 Å². The molecule has 0 atom stereocenters. The highest BCUT2D eigenvalue weighted by Crippen LogP contribution is 2.23. The number of carbonyl (C=O) groups is 1. The van der Waals surface area contributed by atoms with Crippen molar-refractivity contribution in [3.8, 4) is 0 Å². The molecule has 2 aromatic rings. The Kier molecular flexibility index (Phi) is 5.19. The Balaban J connectivity index is 2.14. The molecule has 0 spiro atoms. The van der Waals surface area contributed by atoms with Crippen molar-refractivity contribution in [1.29, 1.82) is 0 Å². The average molecular weight is 327 g/mol. The van der Waals surface area contributed by atoms with Gasteiger partial charge in [0.15, 0.2) is 0 Å². The van der Waals surface area contributed by atoms with Crippen LogP contribution in [0.15, 0.2) is 60.7 Å². The van der Waals surface area contributed by atoms with Crippen LogP contribution in [0.2, 0.25) is 26.2 Å². The van der Waals surface area contributed by atoms with Crippen molar-refractivity contribution in [3.63, 3.8) is 0 Å². The lowest BCUT2D eigenvalue weighted by Gasteiger charge is -2.31. The second-order valence-electron chi connectivity index (χ2n) is 7.42. The first-order valence-corrected chi connectivity index (χ1v) is 14.4. The van der Waals surface area contributed by atoms with E-state index in [-0.39, 0.29) is 0 Å². The topological polar surface area (TPSA) is 17.1 Å². The second kappa shape index (κ2) is 6.75. The molecule has 0 aliphatic rings. The van der Waals surface area contributed by atoms with Gasteiger partial charge in [0.05, 0.1) is 5.03 Å². The van der Waals surface area contributed by atoms with Crippen molar-refractivity contribution in [2.75, 3.05) is 0 Å². The summed E-state index contributed by atoms with van der Waals surface area (Å²) in [6.45, 7) is 8.95. The predicted octanol–water partition coefficient (Wildman–Crippen LogP) is 5.25. The van der Waals surface area contributed by atoms with E-state index in [4.69, 9.17) is 0 Å². The van der Waals surface area contributed by atoms with Gasteiger partial charge in [0, 0.05) is 0 Å². The van der Waals surface area contributed by atoms with Crippen molar-refractivity contribution >= 4 is 21.2 Å². The highest BCUT2D eigenvalue weighted by atomic mass is 28.4. The lowest BCUT2D eigenvalue weighted by atomic mass is 10.2. The van der Waals surface area contributed by atoms with Gasteiger partial charge in [-0.05, 0) is 12.1 Å². The van der Waals surface area contributed by atoms with E-state index in [0.29, 0.717) is 5.03 Å². The quantitative estimate of drug-likeness (QED) is 0.663. The van der Waals surface area contributed by atoms with Crippen LogP contribution in [0.4, 0.5) is 4.79 Å². The van der Waals surface area contributed by atoms with E-state index in [9.17, 15) is 4.79 Å². The summed E-state index contributed by atoms with van der Waals surface area (Å²) >= 11 is 0. The Labute approximate surface area is 136 Å². The molecule has 0 heterocycles. The van der Waals surface area contributed by atoms with Crippen LogP contribution in [-0.4, -0.2) is 21.2 Å².